The van der Waals surface area contributed by atoms with Crippen LogP contribution < -0.4 is 0 Å². The van der Waals surface area contributed by atoms with Crippen molar-refractivity contribution in [1.29, 1.82) is 0 Å². The second-order valence-electron chi connectivity index (χ2n) is 0.894. The van der Waals surface area contributed by atoms with Gasteiger partial charge in [-0.25, -0.2) is 0 Å². The van der Waals surface area contributed by atoms with Crippen LogP contribution in [0.25, 0.3) is 0 Å². The summed E-state index contributed by atoms with van der Waals surface area (Å²) >= 11 is 0. The van der Waals surface area contributed by atoms with Crippen molar-refractivity contribution in [2.24, 2.45) is 0 Å². The van der Waals surface area contributed by atoms with Crippen LogP contribution in [-0.4, -0.2) is 46.9 Å². The molecule has 0 saturated carbocycles. The van der Waals surface area contributed by atoms with E-state index >= 15 is 0 Å². The zero-order valence-corrected chi connectivity index (χ0v) is 6.71. The number of hydrogen-bond acceptors (Lipinski definition) is 4. The van der Waals surface area contributed by atoms with Crippen LogP contribution in [0.5, 0.6) is 0 Å². The van der Waals surface area contributed by atoms with Crippen LogP contribution in [-0.2, 0) is 19.5 Å². The summed E-state index contributed by atoms with van der Waals surface area (Å²) in [5.41, 5.74) is 0. The van der Waals surface area contributed by atoms with E-state index in [0.29, 0.717) is 0 Å². The SMILES string of the molecule is OCCO.OCCO.[Ru]. The van der Waals surface area contributed by atoms with E-state index in [1.54, 1.807) is 0 Å². The predicted octanol–water partition coefficient (Wildman–Crippen LogP) is -2.06. The topological polar surface area (TPSA) is 80.9 Å². The molecule has 0 aromatic heterocycles. The quantitative estimate of drug-likeness (QED) is 0.407. The first-order valence-electron chi connectivity index (χ1n) is 2.26. The number of aliphatic hydroxyl groups is 4. The van der Waals surface area contributed by atoms with Gasteiger partial charge in [-0.05, 0) is 0 Å². The summed E-state index contributed by atoms with van der Waals surface area (Å²) in [4.78, 5) is 0. The van der Waals surface area contributed by atoms with Gasteiger partial charge >= 0.3 is 0 Å². The van der Waals surface area contributed by atoms with Gasteiger partial charge in [0, 0.05) is 19.5 Å². The third-order valence-corrected chi connectivity index (χ3v) is 0.200. The van der Waals surface area contributed by atoms with E-state index in [1.165, 1.54) is 0 Å². The molecule has 0 aliphatic rings. The van der Waals surface area contributed by atoms with Crippen LogP contribution in [0.2, 0.25) is 0 Å². The van der Waals surface area contributed by atoms with Crippen molar-refractivity contribution in [3.8, 4) is 0 Å². The maximum atomic E-state index is 7.62. The van der Waals surface area contributed by atoms with Crippen LogP contribution in [0.3, 0.4) is 0 Å². The van der Waals surface area contributed by atoms with E-state index in [0.717, 1.165) is 0 Å². The van der Waals surface area contributed by atoms with E-state index in [-0.39, 0.29) is 45.9 Å². The van der Waals surface area contributed by atoms with E-state index in [4.69, 9.17) is 20.4 Å². The van der Waals surface area contributed by atoms with Gasteiger partial charge in [0.1, 0.15) is 0 Å². The first-order chi connectivity index (χ1) is 3.83. The Morgan fingerprint density at radius 2 is 0.667 bits per heavy atom. The maximum Gasteiger partial charge on any atom is 0.0662 e. The molecule has 0 radical (unpaired) electrons. The van der Waals surface area contributed by atoms with Gasteiger partial charge in [-0.2, -0.15) is 0 Å². The molecule has 4 N–H and O–H groups in total. The smallest absolute Gasteiger partial charge is 0.0662 e. The fourth-order valence-electron chi connectivity index (χ4n) is 0. The van der Waals surface area contributed by atoms with Crippen molar-refractivity contribution in [3.05, 3.63) is 0 Å². The van der Waals surface area contributed by atoms with Crippen LogP contribution >= 0.6 is 0 Å². The number of aliphatic hydroxyl groups excluding tert-OH is 4. The molecule has 0 heterocycles. The maximum absolute atomic E-state index is 7.62. The fourth-order valence-corrected chi connectivity index (χ4v) is 0. The second kappa shape index (κ2) is 23.7. The Morgan fingerprint density at radius 1 is 0.556 bits per heavy atom. The van der Waals surface area contributed by atoms with Crippen LogP contribution in [0, 0.1) is 0 Å². The Balaban J connectivity index is -0.0000000720. The molecule has 0 aliphatic carbocycles. The minimum atomic E-state index is -0.125. The van der Waals surface area contributed by atoms with Gasteiger partial charge in [0.05, 0.1) is 26.4 Å². The largest absolute Gasteiger partial charge is 0.394 e. The van der Waals surface area contributed by atoms with Crippen LogP contribution in [0.15, 0.2) is 0 Å². The standard InChI is InChI=1S/2C2H6O2.Ru/c2*3-1-2-4;/h2*3-4H,1-2H2;. The van der Waals surface area contributed by atoms with Crippen LogP contribution in [0.1, 0.15) is 0 Å². The molecule has 4 nitrogen and oxygen atoms in total. The van der Waals surface area contributed by atoms with Crippen molar-refractivity contribution >= 4 is 0 Å². The van der Waals surface area contributed by atoms with Gasteiger partial charge in [-0.3, -0.25) is 0 Å². The molecule has 0 amide bonds. The Bertz CT molecular complexity index is 20.5. The predicted molar refractivity (Wildman–Crippen MR) is 28.3 cm³/mol. The molecular formula is C4H12O4Ru. The molecule has 60 valence electrons. The molecule has 0 atom stereocenters. The van der Waals surface area contributed by atoms with Crippen molar-refractivity contribution in [2.45, 2.75) is 0 Å². The summed E-state index contributed by atoms with van der Waals surface area (Å²) in [6.45, 7) is -0.500. The summed E-state index contributed by atoms with van der Waals surface area (Å²) in [6, 6.07) is 0. The molecule has 0 bridgehead atoms. The summed E-state index contributed by atoms with van der Waals surface area (Å²) in [7, 11) is 0. The van der Waals surface area contributed by atoms with Crippen molar-refractivity contribution in [1.82, 2.24) is 0 Å². The van der Waals surface area contributed by atoms with Gasteiger partial charge in [0.25, 0.3) is 0 Å². The Labute approximate surface area is 66.9 Å². The summed E-state index contributed by atoms with van der Waals surface area (Å²) in [5.74, 6) is 0. The molecule has 0 aromatic rings. The third-order valence-electron chi connectivity index (χ3n) is 0.200. The second-order valence-corrected chi connectivity index (χ2v) is 0.894. The van der Waals surface area contributed by atoms with Crippen LogP contribution in [0.4, 0.5) is 0 Å². The average Bonchev–Trinajstić information content (AvgIpc) is 1.88. The van der Waals surface area contributed by atoms with E-state index in [2.05, 4.69) is 0 Å². The Morgan fingerprint density at radius 3 is 0.667 bits per heavy atom. The third kappa shape index (κ3) is 58.3. The molecule has 0 aromatic carbocycles. The number of rotatable bonds is 2. The molecule has 0 aliphatic heterocycles. The van der Waals surface area contributed by atoms with Crippen molar-refractivity contribution < 1.29 is 39.9 Å². The Hall–Kier alpha value is 0.463. The summed E-state index contributed by atoms with van der Waals surface area (Å²) in [6.07, 6.45) is 0. The van der Waals surface area contributed by atoms with Gasteiger partial charge in [-0.1, -0.05) is 0 Å². The minimum Gasteiger partial charge on any atom is -0.394 e. The molecule has 9 heavy (non-hydrogen) atoms. The summed E-state index contributed by atoms with van der Waals surface area (Å²) < 4.78 is 0. The average molecular weight is 225 g/mol. The molecule has 5 heteroatoms. The normalized spacial score (nSPS) is 6.67. The number of hydrogen-bond donors (Lipinski definition) is 4. The van der Waals surface area contributed by atoms with E-state index < -0.39 is 0 Å². The monoisotopic (exact) mass is 226 g/mol. The zero-order chi connectivity index (χ0) is 6.83. The fraction of sp³-hybridized carbons (Fsp3) is 1.00. The van der Waals surface area contributed by atoms with Gasteiger partial charge < -0.3 is 20.4 Å². The summed E-state index contributed by atoms with van der Waals surface area (Å²) in [5, 5.41) is 30.5. The molecule has 0 unspecified atom stereocenters. The first-order valence-corrected chi connectivity index (χ1v) is 2.26. The minimum absolute atomic E-state index is 0. The zero-order valence-electron chi connectivity index (χ0n) is 4.97. The first kappa shape index (κ1) is 16.2. The molecular weight excluding hydrogens is 213 g/mol. The Kier molecular flexibility index (Phi) is 42.7. The van der Waals surface area contributed by atoms with Crippen molar-refractivity contribution in [2.75, 3.05) is 26.4 Å². The molecule has 0 saturated heterocycles. The van der Waals surface area contributed by atoms with E-state index in [1.807, 2.05) is 0 Å². The molecule has 0 rings (SSSR count). The van der Waals surface area contributed by atoms with Gasteiger partial charge in [0.15, 0.2) is 0 Å². The molecule has 0 spiro atoms. The van der Waals surface area contributed by atoms with E-state index in [9.17, 15) is 0 Å². The van der Waals surface area contributed by atoms with Crippen molar-refractivity contribution in [3.63, 3.8) is 0 Å². The molecule has 0 fully saturated rings. The van der Waals surface area contributed by atoms with Gasteiger partial charge in [-0.15, -0.1) is 0 Å². The van der Waals surface area contributed by atoms with Gasteiger partial charge in [0.2, 0.25) is 0 Å².